The van der Waals surface area contributed by atoms with Crippen molar-refractivity contribution in [3.63, 3.8) is 0 Å². The van der Waals surface area contributed by atoms with E-state index < -0.39 is 11.9 Å². The lowest BCUT2D eigenvalue weighted by Gasteiger charge is -2.34. The van der Waals surface area contributed by atoms with Crippen molar-refractivity contribution in [1.82, 2.24) is 9.80 Å². The summed E-state index contributed by atoms with van der Waals surface area (Å²) in [6.07, 6.45) is 0. The summed E-state index contributed by atoms with van der Waals surface area (Å²) in [5.74, 6) is -2.69. The fourth-order valence-electron chi connectivity index (χ4n) is 3.06. The quantitative estimate of drug-likeness (QED) is 0.720. The smallest absolute Gasteiger partial charge is 0.414 e. The highest BCUT2D eigenvalue weighted by atomic mass is 16.5. The summed E-state index contributed by atoms with van der Waals surface area (Å²) in [6, 6.07) is 19.3. The molecule has 1 aliphatic rings. The summed E-state index contributed by atoms with van der Waals surface area (Å²) in [5, 5.41) is 14.8. The Bertz CT molecular complexity index is 745. The summed E-state index contributed by atoms with van der Waals surface area (Å²) in [6.45, 7) is 9.41. The molecular weight excluding hydrogens is 372 g/mol. The van der Waals surface area contributed by atoms with Crippen LogP contribution >= 0.6 is 0 Å². The summed E-state index contributed by atoms with van der Waals surface area (Å²) in [4.78, 5) is 23.3. The van der Waals surface area contributed by atoms with Crippen LogP contribution in [0.15, 0.2) is 54.6 Å². The predicted molar refractivity (Wildman–Crippen MR) is 110 cm³/mol. The molecule has 1 fully saturated rings. The molecule has 7 heteroatoms. The molecule has 1 heterocycles. The van der Waals surface area contributed by atoms with Crippen LogP contribution in [0, 0.1) is 0 Å². The van der Waals surface area contributed by atoms with Gasteiger partial charge in [0.2, 0.25) is 0 Å². The molecule has 1 aliphatic heterocycles. The maximum Gasteiger partial charge on any atom is 0.414 e. The highest BCUT2D eigenvalue weighted by Crippen LogP contribution is 2.15. The van der Waals surface area contributed by atoms with E-state index in [1.807, 2.05) is 6.92 Å². The van der Waals surface area contributed by atoms with Gasteiger partial charge in [0.25, 0.3) is 0 Å². The number of rotatable bonds is 6. The Kier molecular flexibility index (Phi) is 9.14. The van der Waals surface area contributed by atoms with Gasteiger partial charge in [-0.15, -0.1) is 0 Å². The molecule has 2 aromatic carbocycles. The van der Waals surface area contributed by atoms with Crippen LogP contribution in [0.1, 0.15) is 18.1 Å². The molecule has 0 bridgehead atoms. The third-order valence-electron chi connectivity index (χ3n) is 4.54. The van der Waals surface area contributed by atoms with Gasteiger partial charge in [-0.2, -0.15) is 0 Å². The van der Waals surface area contributed by atoms with Crippen molar-refractivity contribution in [2.45, 2.75) is 20.0 Å². The average molecular weight is 400 g/mol. The third-order valence-corrected chi connectivity index (χ3v) is 4.54. The lowest BCUT2D eigenvalue weighted by Crippen LogP contribution is -2.45. The van der Waals surface area contributed by atoms with Crippen molar-refractivity contribution in [2.75, 3.05) is 32.8 Å². The van der Waals surface area contributed by atoms with Crippen LogP contribution in [0.5, 0.6) is 5.75 Å². The Hall–Kier alpha value is -2.90. The molecule has 7 nitrogen and oxygen atoms in total. The Morgan fingerprint density at radius 3 is 1.66 bits per heavy atom. The number of ether oxygens (including phenoxy) is 1. The van der Waals surface area contributed by atoms with Gasteiger partial charge in [0, 0.05) is 39.3 Å². The van der Waals surface area contributed by atoms with Gasteiger partial charge in [0.15, 0.2) is 0 Å². The number of hydrogen-bond donors (Lipinski definition) is 2. The molecule has 0 aromatic heterocycles. The standard InChI is InChI=1S/C20H26N2O.C2H2O4/c1-2-23-20-10-8-19(9-11-20)17-22-14-12-21(13-15-22)16-18-6-4-3-5-7-18;3-1(4)2(5)6/h3-11H,2,12-17H2,1H3;(H,3,4)(H,5,6). The summed E-state index contributed by atoms with van der Waals surface area (Å²) >= 11 is 0. The monoisotopic (exact) mass is 400 g/mol. The number of aliphatic carboxylic acids is 2. The maximum absolute atomic E-state index is 9.10. The lowest BCUT2D eigenvalue weighted by atomic mass is 10.1. The van der Waals surface area contributed by atoms with Crippen LogP contribution in [-0.2, 0) is 22.7 Å². The second-order valence-electron chi connectivity index (χ2n) is 6.73. The van der Waals surface area contributed by atoms with E-state index in [0.717, 1.165) is 51.6 Å². The first kappa shape index (κ1) is 22.4. The number of nitrogens with zero attached hydrogens (tertiary/aromatic N) is 2. The van der Waals surface area contributed by atoms with Gasteiger partial charge >= 0.3 is 11.9 Å². The number of carboxylic acid groups (broad SMARTS) is 2. The Balaban J connectivity index is 0.000000438. The lowest BCUT2D eigenvalue weighted by molar-refractivity contribution is -0.159. The fourth-order valence-corrected chi connectivity index (χ4v) is 3.06. The summed E-state index contributed by atoms with van der Waals surface area (Å²) in [7, 11) is 0. The number of hydrogen-bond acceptors (Lipinski definition) is 5. The number of piperazine rings is 1. The van der Waals surface area contributed by atoms with Crippen molar-refractivity contribution >= 4 is 11.9 Å². The van der Waals surface area contributed by atoms with E-state index in [9.17, 15) is 0 Å². The van der Waals surface area contributed by atoms with E-state index >= 15 is 0 Å². The molecule has 0 saturated carbocycles. The molecule has 1 saturated heterocycles. The van der Waals surface area contributed by atoms with Gasteiger partial charge in [-0.3, -0.25) is 9.80 Å². The topological polar surface area (TPSA) is 90.3 Å². The molecule has 2 aromatic rings. The zero-order valence-electron chi connectivity index (χ0n) is 16.7. The second kappa shape index (κ2) is 11.8. The van der Waals surface area contributed by atoms with Crippen LogP contribution in [-0.4, -0.2) is 64.7 Å². The van der Waals surface area contributed by atoms with Crippen LogP contribution in [0.4, 0.5) is 0 Å². The fraction of sp³-hybridized carbons (Fsp3) is 0.364. The molecule has 0 aliphatic carbocycles. The highest BCUT2D eigenvalue weighted by molar-refractivity contribution is 6.27. The van der Waals surface area contributed by atoms with Gasteiger partial charge in [0.1, 0.15) is 5.75 Å². The van der Waals surface area contributed by atoms with Crippen molar-refractivity contribution in [2.24, 2.45) is 0 Å². The van der Waals surface area contributed by atoms with Crippen LogP contribution in [0.3, 0.4) is 0 Å². The van der Waals surface area contributed by atoms with E-state index in [1.165, 1.54) is 11.1 Å². The molecule has 3 rings (SSSR count). The summed E-state index contributed by atoms with van der Waals surface area (Å²) < 4.78 is 5.50. The van der Waals surface area contributed by atoms with E-state index in [2.05, 4.69) is 64.4 Å². The van der Waals surface area contributed by atoms with Crippen molar-refractivity contribution < 1.29 is 24.5 Å². The predicted octanol–water partition coefficient (Wildman–Crippen LogP) is 2.56. The molecule has 0 spiro atoms. The molecule has 0 unspecified atom stereocenters. The van der Waals surface area contributed by atoms with Crippen molar-refractivity contribution in [1.29, 1.82) is 0 Å². The largest absolute Gasteiger partial charge is 0.494 e. The van der Waals surface area contributed by atoms with Crippen LogP contribution < -0.4 is 4.74 Å². The van der Waals surface area contributed by atoms with E-state index in [1.54, 1.807) is 0 Å². The molecule has 156 valence electrons. The van der Waals surface area contributed by atoms with Gasteiger partial charge in [-0.1, -0.05) is 42.5 Å². The van der Waals surface area contributed by atoms with Crippen LogP contribution in [0.25, 0.3) is 0 Å². The van der Waals surface area contributed by atoms with Crippen LogP contribution in [0.2, 0.25) is 0 Å². The van der Waals surface area contributed by atoms with Gasteiger partial charge in [0.05, 0.1) is 6.61 Å². The van der Waals surface area contributed by atoms with Gasteiger partial charge in [-0.05, 0) is 30.2 Å². The zero-order chi connectivity index (χ0) is 21.1. The SMILES string of the molecule is CCOc1ccc(CN2CCN(Cc3ccccc3)CC2)cc1.O=C(O)C(=O)O. The van der Waals surface area contributed by atoms with Crippen molar-refractivity contribution in [3.8, 4) is 5.75 Å². The first-order valence-corrected chi connectivity index (χ1v) is 9.64. The van der Waals surface area contributed by atoms with E-state index in [4.69, 9.17) is 24.5 Å². The molecule has 2 N–H and O–H groups in total. The first-order chi connectivity index (χ1) is 14.0. The number of carboxylic acids is 2. The Morgan fingerprint density at radius 2 is 1.24 bits per heavy atom. The average Bonchev–Trinajstić information content (AvgIpc) is 2.72. The Morgan fingerprint density at radius 1 is 0.793 bits per heavy atom. The maximum atomic E-state index is 9.10. The number of benzene rings is 2. The third kappa shape index (κ3) is 8.33. The molecule has 0 atom stereocenters. The Labute approximate surface area is 171 Å². The molecule has 0 radical (unpaired) electrons. The molecular formula is C22H28N2O5. The summed E-state index contributed by atoms with van der Waals surface area (Å²) in [5.41, 5.74) is 2.78. The van der Waals surface area contributed by atoms with E-state index in [-0.39, 0.29) is 0 Å². The molecule has 29 heavy (non-hydrogen) atoms. The minimum Gasteiger partial charge on any atom is -0.494 e. The van der Waals surface area contributed by atoms with Gasteiger partial charge in [-0.25, -0.2) is 9.59 Å². The minimum atomic E-state index is -1.82. The first-order valence-electron chi connectivity index (χ1n) is 9.64. The zero-order valence-corrected chi connectivity index (χ0v) is 16.7. The number of carbonyl (C=O) groups is 2. The van der Waals surface area contributed by atoms with E-state index in [0.29, 0.717) is 0 Å². The van der Waals surface area contributed by atoms with Gasteiger partial charge < -0.3 is 14.9 Å². The van der Waals surface area contributed by atoms with Crippen molar-refractivity contribution in [3.05, 3.63) is 65.7 Å². The molecule has 0 amide bonds. The second-order valence-corrected chi connectivity index (χ2v) is 6.73. The normalized spacial score (nSPS) is 14.5. The minimum absolute atomic E-state index is 0.725. The highest BCUT2D eigenvalue weighted by Gasteiger charge is 2.17.